The summed E-state index contributed by atoms with van der Waals surface area (Å²) in [5, 5.41) is 3.42. The summed E-state index contributed by atoms with van der Waals surface area (Å²) in [6.45, 7) is 2.90. The number of nitrogens with two attached hydrogens (primary N) is 1. The Morgan fingerprint density at radius 3 is 1.57 bits per heavy atom. The molecule has 0 aromatic carbocycles. The minimum Gasteiger partial charge on any atom is -0.329 e. The number of rotatable bonds is 7. The molecule has 23 heavy (non-hydrogen) atoms. The van der Waals surface area contributed by atoms with Crippen molar-refractivity contribution in [1.29, 1.82) is 0 Å². The largest absolute Gasteiger partial charge is 0.329 e. The fourth-order valence-electron chi connectivity index (χ4n) is 3.98. The maximum Gasteiger partial charge on any atom is 0.00745 e. The van der Waals surface area contributed by atoms with Gasteiger partial charge in [-0.25, -0.2) is 0 Å². The third kappa shape index (κ3) is 14.0. The van der Waals surface area contributed by atoms with Gasteiger partial charge in [0.05, 0.1) is 0 Å². The minimum absolute atomic E-state index is 0.766. The van der Waals surface area contributed by atoms with Gasteiger partial charge in [-0.2, -0.15) is 0 Å². The van der Waals surface area contributed by atoms with Crippen LogP contribution in [-0.4, -0.2) is 19.6 Å². The quantitative estimate of drug-likeness (QED) is 0.581. The van der Waals surface area contributed by atoms with E-state index < -0.39 is 0 Å². The van der Waals surface area contributed by atoms with Crippen molar-refractivity contribution in [3.05, 3.63) is 0 Å². The van der Waals surface area contributed by atoms with Gasteiger partial charge in [0.1, 0.15) is 0 Å². The molecule has 2 nitrogen and oxygen atoms in total. The van der Waals surface area contributed by atoms with Crippen molar-refractivity contribution in [2.45, 2.75) is 109 Å². The predicted octanol–water partition coefficient (Wildman–Crippen LogP) is 5.80. The summed E-state index contributed by atoms with van der Waals surface area (Å²) in [6, 6.07) is 0. The molecule has 0 saturated heterocycles. The standard InChI is InChI=1S/C21H44N2/c22-18-20-23-19-14-13-17-21-15-11-9-7-5-3-1-2-4-6-8-10-12-16-21/h21,23H,1-20,22H2. The zero-order valence-electron chi connectivity index (χ0n) is 15.8. The van der Waals surface area contributed by atoms with E-state index in [1.54, 1.807) is 0 Å². The van der Waals surface area contributed by atoms with Crippen LogP contribution in [0.4, 0.5) is 0 Å². The molecule has 1 aliphatic carbocycles. The topological polar surface area (TPSA) is 38.0 Å². The second-order valence-electron chi connectivity index (χ2n) is 7.72. The van der Waals surface area contributed by atoms with E-state index in [-0.39, 0.29) is 0 Å². The SMILES string of the molecule is NCCNCCCCC1CCCCCCCCCCCCCC1. The molecule has 0 amide bonds. The van der Waals surface area contributed by atoms with Crippen LogP contribution in [0.5, 0.6) is 0 Å². The molecule has 0 aromatic rings. The van der Waals surface area contributed by atoms with Crippen LogP contribution in [0.3, 0.4) is 0 Å². The molecule has 0 unspecified atom stereocenters. The number of hydrogen-bond donors (Lipinski definition) is 2. The highest BCUT2D eigenvalue weighted by molar-refractivity contribution is 4.63. The Bertz CT molecular complexity index is 214. The van der Waals surface area contributed by atoms with Crippen LogP contribution >= 0.6 is 0 Å². The fraction of sp³-hybridized carbons (Fsp3) is 1.00. The Balaban J connectivity index is 2.15. The lowest BCUT2D eigenvalue weighted by Gasteiger charge is -2.17. The number of nitrogens with one attached hydrogen (secondary N) is 1. The Labute approximate surface area is 146 Å². The van der Waals surface area contributed by atoms with Crippen LogP contribution in [0, 0.1) is 5.92 Å². The van der Waals surface area contributed by atoms with Crippen LogP contribution in [0.15, 0.2) is 0 Å². The van der Waals surface area contributed by atoms with Gasteiger partial charge in [0.25, 0.3) is 0 Å². The molecule has 1 aliphatic rings. The molecule has 0 radical (unpaired) electrons. The molecule has 0 atom stereocenters. The molecular weight excluding hydrogens is 280 g/mol. The second kappa shape index (κ2) is 16.8. The molecule has 1 saturated carbocycles. The van der Waals surface area contributed by atoms with E-state index in [0.29, 0.717) is 0 Å². The summed E-state index contributed by atoms with van der Waals surface area (Å²) in [6.07, 6.45) is 25.0. The normalized spacial score (nSPS) is 20.7. The molecule has 0 bridgehead atoms. The lowest BCUT2D eigenvalue weighted by Crippen LogP contribution is -2.23. The van der Waals surface area contributed by atoms with Gasteiger partial charge in [0.15, 0.2) is 0 Å². The van der Waals surface area contributed by atoms with E-state index in [4.69, 9.17) is 5.73 Å². The molecule has 3 N–H and O–H groups in total. The lowest BCUT2D eigenvalue weighted by molar-refractivity contribution is 0.368. The molecule has 2 heteroatoms. The number of unbranched alkanes of at least 4 members (excludes halogenated alkanes) is 1. The van der Waals surface area contributed by atoms with Crippen molar-refractivity contribution in [1.82, 2.24) is 5.32 Å². The Morgan fingerprint density at radius 1 is 0.609 bits per heavy atom. The third-order valence-corrected chi connectivity index (χ3v) is 5.51. The molecular formula is C21H44N2. The summed E-state index contributed by atoms with van der Waals surface area (Å²) >= 11 is 0. The zero-order valence-corrected chi connectivity index (χ0v) is 15.8. The molecule has 1 rings (SSSR count). The smallest absolute Gasteiger partial charge is 0.00745 e. The average Bonchev–Trinajstić information content (AvgIpc) is 2.57. The molecule has 138 valence electrons. The highest BCUT2D eigenvalue weighted by Gasteiger charge is 2.09. The van der Waals surface area contributed by atoms with Crippen LogP contribution in [0.25, 0.3) is 0 Å². The first kappa shape index (κ1) is 21.0. The van der Waals surface area contributed by atoms with E-state index in [1.807, 2.05) is 0 Å². The molecule has 1 fully saturated rings. The Morgan fingerprint density at radius 2 is 1.09 bits per heavy atom. The monoisotopic (exact) mass is 324 g/mol. The summed E-state index contributed by atoms with van der Waals surface area (Å²) in [4.78, 5) is 0. The van der Waals surface area contributed by atoms with Crippen molar-refractivity contribution in [3.8, 4) is 0 Å². The van der Waals surface area contributed by atoms with Crippen molar-refractivity contribution in [2.24, 2.45) is 11.7 Å². The first-order valence-electron chi connectivity index (χ1n) is 10.8. The third-order valence-electron chi connectivity index (χ3n) is 5.51. The maximum atomic E-state index is 5.51. The van der Waals surface area contributed by atoms with Crippen LogP contribution in [0.1, 0.15) is 109 Å². The van der Waals surface area contributed by atoms with Crippen LogP contribution in [0.2, 0.25) is 0 Å². The molecule has 0 spiro atoms. The highest BCUT2D eigenvalue weighted by atomic mass is 14.9. The van der Waals surface area contributed by atoms with E-state index in [2.05, 4.69) is 5.32 Å². The van der Waals surface area contributed by atoms with Gasteiger partial charge in [-0.3, -0.25) is 0 Å². The van der Waals surface area contributed by atoms with E-state index >= 15 is 0 Å². The lowest BCUT2D eigenvalue weighted by atomic mass is 9.90. The first-order valence-corrected chi connectivity index (χ1v) is 10.8. The maximum absolute atomic E-state index is 5.51. The molecule has 0 heterocycles. The van der Waals surface area contributed by atoms with E-state index in [0.717, 1.165) is 25.6 Å². The fourth-order valence-corrected chi connectivity index (χ4v) is 3.98. The highest BCUT2D eigenvalue weighted by Crippen LogP contribution is 2.24. The van der Waals surface area contributed by atoms with Crippen molar-refractivity contribution in [3.63, 3.8) is 0 Å². The number of hydrogen-bond acceptors (Lipinski definition) is 2. The van der Waals surface area contributed by atoms with Gasteiger partial charge >= 0.3 is 0 Å². The predicted molar refractivity (Wildman–Crippen MR) is 104 cm³/mol. The van der Waals surface area contributed by atoms with Crippen LogP contribution in [-0.2, 0) is 0 Å². The molecule has 0 aromatic heterocycles. The van der Waals surface area contributed by atoms with Gasteiger partial charge in [0.2, 0.25) is 0 Å². The Hall–Kier alpha value is -0.0800. The van der Waals surface area contributed by atoms with Gasteiger partial charge in [-0.05, 0) is 18.9 Å². The first-order chi connectivity index (χ1) is 11.4. The average molecular weight is 325 g/mol. The minimum atomic E-state index is 0.766. The molecule has 0 aliphatic heterocycles. The summed E-state index contributed by atoms with van der Waals surface area (Å²) in [5.74, 6) is 1.01. The van der Waals surface area contributed by atoms with Gasteiger partial charge in [0, 0.05) is 13.1 Å². The van der Waals surface area contributed by atoms with E-state index in [1.165, 1.54) is 109 Å². The van der Waals surface area contributed by atoms with Crippen molar-refractivity contribution in [2.75, 3.05) is 19.6 Å². The van der Waals surface area contributed by atoms with Gasteiger partial charge in [-0.1, -0.05) is 103 Å². The van der Waals surface area contributed by atoms with Gasteiger partial charge in [-0.15, -0.1) is 0 Å². The Kier molecular flexibility index (Phi) is 15.3. The van der Waals surface area contributed by atoms with Crippen molar-refractivity contribution < 1.29 is 0 Å². The van der Waals surface area contributed by atoms with Crippen molar-refractivity contribution >= 4 is 0 Å². The second-order valence-corrected chi connectivity index (χ2v) is 7.72. The summed E-state index contributed by atoms with van der Waals surface area (Å²) in [7, 11) is 0. The van der Waals surface area contributed by atoms with Crippen LogP contribution < -0.4 is 11.1 Å². The summed E-state index contributed by atoms with van der Waals surface area (Å²) < 4.78 is 0. The van der Waals surface area contributed by atoms with E-state index in [9.17, 15) is 0 Å². The zero-order chi connectivity index (χ0) is 16.4. The van der Waals surface area contributed by atoms with Gasteiger partial charge < -0.3 is 11.1 Å². The summed E-state index contributed by atoms with van der Waals surface area (Å²) in [5.41, 5.74) is 5.51.